The van der Waals surface area contributed by atoms with E-state index in [-0.39, 0.29) is 0 Å². The molecular weight excluding hydrogens is 375 g/mol. The molecule has 0 aliphatic carbocycles. The summed E-state index contributed by atoms with van der Waals surface area (Å²) in [5, 5.41) is 1.20. The van der Waals surface area contributed by atoms with Crippen LogP contribution in [0.4, 0.5) is 0 Å². The Balaban J connectivity index is 0.000000461. The van der Waals surface area contributed by atoms with E-state index in [4.69, 9.17) is 0 Å². The number of hydrogen-bond acceptors (Lipinski definition) is 2. The van der Waals surface area contributed by atoms with E-state index in [0.29, 0.717) is 0 Å². The highest BCUT2D eigenvalue weighted by Crippen LogP contribution is 2.30. The lowest BCUT2D eigenvalue weighted by Gasteiger charge is -1.94. The van der Waals surface area contributed by atoms with E-state index in [0.717, 1.165) is 9.99 Å². The van der Waals surface area contributed by atoms with Gasteiger partial charge in [-0.15, -0.1) is 0 Å². The Morgan fingerprint density at radius 3 is 2.86 bits per heavy atom. The maximum absolute atomic E-state index is 4.08. The zero-order valence-electron chi connectivity index (χ0n) is 7.87. The molecule has 0 saturated carbocycles. The predicted molar refractivity (Wildman–Crippen MR) is 75.8 cm³/mol. The Labute approximate surface area is 108 Å². The molecule has 0 amide bonds. The third-order valence-corrected chi connectivity index (χ3v) is 3.96. The van der Waals surface area contributed by atoms with Gasteiger partial charge in [0.2, 0.25) is 0 Å². The number of rotatable bonds is 1. The molecule has 0 aromatic carbocycles. The summed E-state index contributed by atoms with van der Waals surface area (Å²) in [6.45, 7) is 4.00. The Morgan fingerprint density at radius 1 is 1.50 bits per heavy atom. The quantitative estimate of drug-likeness (QED) is 0.665. The van der Waals surface area contributed by atoms with Crippen LogP contribution in [0.15, 0.2) is 29.1 Å². The number of aromatic nitrogens is 2. The molecular formula is C9H10BrIN2S. The molecule has 14 heavy (non-hydrogen) atoms. The van der Waals surface area contributed by atoms with Crippen LogP contribution in [0.25, 0.3) is 10.9 Å². The SMILES string of the molecule is Brc1cn(SI)c2cnccc12.CC. The molecule has 2 heterocycles. The van der Waals surface area contributed by atoms with Gasteiger partial charge in [-0.3, -0.25) is 8.96 Å². The smallest absolute Gasteiger partial charge is 0.0793 e. The van der Waals surface area contributed by atoms with Gasteiger partial charge in [0, 0.05) is 52.6 Å². The number of pyridine rings is 1. The van der Waals surface area contributed by atoms with E-state index in [1.807, 2.05) is 32.3 Å². The molecule has 0 spiro atoms. The summed E-state index contributed by atoms with van der Waals surface area (Å²) in [7, 11) is 1.64. The lowest BCUT2D eigenvalue weighted by atomic mass is 10.3. The highest BCUT2D eigenvalue weighted by atomic mass is 127. The van der Waals surface area contributed by atoms with Gasteiger partial charge >= 0.3 is 0 Å². The van der Waals surface area contributed by atoms with E-state index in [1.54, 1.807) is 15.3 Å². The first-order valence-corrected chi connectivity index (χ1v) is 8.33. The summed E-state index contributed by atoms with van der Waals surface area (Å²) in [6.07, 6.45) is 5.71. The molecule has 2 rings (SSSR count). The summed E-state index contributed by atoms with van der Waals surface area (Å²) in [4.78, 5) is 4.08. The largest absolute Gasteiger partial charge is 0.280 e. The van der Waals surface area contributed by atoms with Gasteiger partial charge in [-0.05, 0) is 22.0 Å². The molecule has 0 unspecified atom stereocenters. The lowest BCUT2D eigenvalue weighted by molar-refractivity contribution is 1.30. The monoisotopic (exact) mass is 384 g/mol. The molecule has 0 bridgehead atoms. The van der Waals surface area contributed by atoms with Crippen molar-refractivity contribution < 1.29 is 0 Å². The summed E-state index contributed by atoms with van der Waals surface area (Å²) < 4.78 is 3.19. The number of fused-ring (bicyclic) bond motifs is 1. The molecule has 2 nitrogen and oxygen atoms in total. The van der Waals surface area contributed by atoms with Crippen LogP contribution in [0.1, 0.15) is 13.8 Å². The molecule has 0 aliphatic rings. The molecule has 0 N–H and O–H groups in total. The van der Waals surface area contributed by atoms with Gasteiger partial charge < -0.3 is 0 Å². The van der Waals surface area contributed by atoms with Crippen molar-refractivity contribution in [1.29, 1.82) is 0 Å². The first kappa shape index (κ1) is 12.3. The summed E-state index contributed by atoms with van der Waals surface area (Å²) in [5.41, 5.74) is 1.14. The van der Waals surface area contributed by atoms with E-state index >= 15 is 0 Å². The molecule has 5 heteroatoms. The lowest BCUT2D eigenvalue weighted by Crippen LogP contribution is -1.78. The predicted octanol–water partition coefficient (Wildman–Crippen LogP) is 4.67. The zero-order chi connectivity index (χ0) is 10.6. The van der Waals surface area contributed by atoms with Crippen molar-refractivity contribution in [3.05, 3.63) is 29.1 Å². The first-order chi connectivity index (χ1) is 6.83. The zero-order valence-corrected chi connectivity index (χ0v) is 12.4. The van der Waals surface area contributed by atoms with Gasteiger partial charge in [0.25, 0.3) is 0 Å². The average Bonchev–Trinajstić information content (AvgIpc) is 2.59. The van der Waals surface area contributed by atoms with Crippen molar-refractivity contribution in [3.8, 4) is 0 Å². The Bertz CT molecular complexity index is 416. The third-order valence-electron chi connectivity index (χ3n) is 1.60. The van der Waals surface area contributed by atoms with Crippen molar-refractivity contribution in [1.82, 2.24) is 8.96 Å². The Morgan fingerprint density at radius 2 is 2.21 bits per heavy atom. The van der Waals surface area contributed by atoms with Gasteiger partial charge in [-0.1, -0.05) is 13.8 Å². The van der Waals surface area contributed by atoms with Crippen molar-refractivity contribution in [2.75, 3.05) is 0 Å². The van der Waals surface area contributed by atoms with Crippen molar-refractivity contribution in [3.63, 3.8) is 0 Å². The Hall–Kier alpha value is 0.250. The van der Waals surface area contributed by atoms with Crippen LogP contribution in [0.2, 0.25) is 0 Å². The highest BCUT2D eigenvalue weighted by molar-refractivity contribution is 14.2. The van der Waals surface area contributed by atoms with Gasteiger partial charge in [0.1, 0.15) is 0 Å². The van der Waals surface area contributed by atoms with E-state index < -0.39 is 0 Å². The highest BCUT2D eigenvalue weighted by Gasteiger charge is 2.04. The number of nitrogens with zero attached hydrogens (tertiary/aromatic N) is 2. The summed E-state index contributed by atoms with van der Waals surface area (Å²) in [5.74, 6) is 0. The maximum Gasteiger partial charge on any atom is 0.0793 e. The molecule has 0 atom stereocenters. The minimum Gasteiger partial charge on any atom is -0.280 e. The summed E-state index contributed by atoms with van der Waals surface area (Å²) >= 11 is 5.74. The second-order valence-electron chi connectivity index (χ2n) is 2.26. The van der Waals surface area contributed by atoms with Crippen LogP contribution in [0.3, 0.4) is 0 Å². The maximum atomic E-state index is 4.08. The van der Waals surface area contributed by atoms with Gasteiger partial charge in [0.05, 0.1) is 11.7 Å². The van der Waals surface area contributed by atoms with E-state index in [9.17, 15) is 0 Å². The van der Waals surface area contributed by atoms with Gasteiger partial charge in [-0.25, -0.2) is 0 Å². The number of hydrogen-bond donors (Lipinski definition) is 0. The fourth-order valence-electron chi connectivity index (χ4n) is 1.06. The fourth-order valence-corrected chi connectivity index (χ4v) is 3.08. The molecule has 76 valence electrons. The van der Waals surface area contributed by atoms with Crippen LogP contribution in [-0.2, 0) is 0 Å². The average molecular weight is 385 g/mol. The minimum atomic E-state index is 1.11. The van der Waals surface area contributed by atoms with Crippen LogP contribution < -0.4 is 0 Å². The standard InChI is InChI=1S/C7H4BrIN2S.C2H6/c8-6-4-11(12-9)7-3-10-2-1-5(6)7;1-2/h1-4H;1-2H3. The second-order valence-corrected chi connectivity index (χ2v) is 4.83. The van der Waals surface area contributed by atoms with E-state index in [1.165, 1.54) is 5.39 Å². The molecule has 0 radical (unpaired) electrons. The number of halogens is 2. The minimum absolute atomic E-state index is 1.11. The van der Waals surface area contributed by atoms with Crippen LogP contribution in [0.5, 0.6) is 0 Å². The normalized spacial score (nSPS) is 9.71. The van der Waals surface area contributed by atoms with Crippen LogP contribution >= 0.6 is 46.3 Å². The molecule has 0 fully saturated rings. The molecule has 0 saturated heterocycles. The molecule has 2 aromatic heterocycles. The van der Waals surface area contributed by atoms with Crippen molar-refractivity contribution in [2.24, 2.45) is 0 Å². The van der Waals surface area contributed by atoms with Crippen molar-refractivity contribution in [2.45, 2.75) is 13.8 Å². The van der Waals surface area contributed by atoms with Crippen LogP contribution in [-0.4, -0.2) is 8.96 Å². The Kier molecular flexibility index (Phi) is 5.25. The molecule has 2 aromatic rings. The third kappa shape index (κ3) is 2.43. The topological polar surface area (TPSA) is 17.8 Å². The summed E-state index contributed by atoms with van der Waals surface area (Å²) in [6, 6.07) is 2.00. The van der Waals surface area contributed by atoms with Gasteiger partial charge in [-0.2, -0.15) is 0 Å². The van der Waals surface area contributed by atoms with Crippen LogP contribution in [0, 0.1) is 0 Å². The second kappa shape index (κ2) is 5.97. The van der Waals surface area contributed by atoms with Crippen molar-refractivity contribution >= 4 is 57.2 Å². The first-order valence-electron chi connectivity index (χ1n) is 4.22. The fraction of sp³-hybridized carbons (Fsp3) is 0.222. The van der Waals surface area contributed by atoms with Gasteiger partial charge in [0.15, 0.2) is 0 Å². The molecule has 0 aliphatic heterocycles. The van der Waals surface area contributed by atoms with E-state index in [2.05, 4.69) is 46.1 Å².